The molecule has 2 rings (SSSR count). The average molecular weight is 271 g/mol. The molecule has 3 N–H and O–H groups in total. The molecule has 5 nitrogen and oxygen atoms in total. The van der Waals surface area contributed by atoms with Gasteiger partial charge in [0.15, 0.2) is 0 Å². The Bertz CT molecular complexity index is 487. The Kier molecular flexibility index (Phi) is 3.90. The first-order valence-electron chi connectivity index (χ1n) is 4.83. The highest BCUT2D eigenvalue weighted by Gasteiger charge is 2.18. The van der Waals surface area contributed by atoms with Crippen LogP contribution in [0.15, 0.2) is 23.6 Å². The summed E-state index contributed by atoms with van der Waals surface area (Å²) >= 11 is 7.58. The van der Waals surface area contributed by atoms with Crippen molar-refractivity contribution in [1.29, 1.82) is 0 Å². The molecule has 90 valence electrons. The van der Waals surface area contributed by atoms with Gasteiger partial charge in [-0.15, -0.1) is 21.5 Å². The lowest BCUT2D eigenvalue weighted by Crippen LogP contribution is -2.29. The number of hydrogen-bond donors (Lipinski definition) is 2. The SMILES string of the molecule is COc1ccc(C(NN)c2sccc2Cl)nn1. The van der Waals surface area contributed by atoms with Gasteiger partial charge in [0.05, 0.1) is 17.8 Å². The summed E-state index contributed by atoms with van der Waals surface area (Å²) in [5.74, 6) is 5.99. The molecule has 0 fully saturated rings. The van der Waals surface area contributed by atoms with Gasteiger partial charge in [0.25, 0.3) is 0 Å². The number of thiophene rings is 1. The van der Waals surface area contributed by atoms with Crippen LogP contribution < -0.4 is 16.0 Å². The Morgan fingerprint density at radius 2 is 2.24 bits per heavy atom. The zero-order valence-corrected chi connectivity index (χ0v) is 10.6. The molecule has 0 radical (unpaired) electrons. The fraction of sp³-hybridized carbons (Fsp3) is 0.200. The second kappa shape index (κ2) is 5.42. The van der Waals surface area contributed by atoms with Crippen LogP contribution >= 0.6 is 22.9 Å². The molecule has 2 heterocycles. The molecule has 17 heavy (non-hydrogen) atoms. The third-order valence-corrected chi connectivity index (χ3v) is 3.66. The van der Waals surface area contributed by atoms with E-state index in [0.717, 1.165) is 4.88 Å². The van der Waals surface area contributed by atoms with E-state index >= 15 is 0 Å². The molecule has 0 aromatic carbocycles. The summed E-state index contributed by atoms with van der Waals surface area (Å²) in [5.41, 5.74) is 3.37. The zero-order chi connectivity index (χ0) is 12.3. The molecule has 0 amide bonds. The number of nitrogens with zero attached hydrogens (tertiary/aromatic N) is 2. The van der Waals surface area contributed by atoms with Gasteiger partial charge in [-0.05, 0) is 17.5 Å². The number of halogens is 1. The lowest BCUT2D eigenvalue weighted by atomic mass is 10.2. The topological polar surface area (TPSA) is 73.1 Å². The van der Waals surface area contributed by atoms with Crippen LogP contribution in [0, 0.1) is 0 Å². The van der Waals surface area contributed by atoms with E-state index in [9.17, 15) is 0 Å². The first-order chi connectivity index (χ1) is 8.26. The van der Waals surface area contributed by atoms with Gasteiger partial charge in [-0.2, -0.15) is 0 Å². The Morgan fingerprint density at radius 3 is 2.71 bits per heavy atom. The third-order valence-electron chi connectivity index (χ3n) is 2.24. The molecule has 0 aliphatic rings. The second-order valence-electron chi connectivity index (χ2n) is 3.23. The summed E-state index contributed by atoms with van der Waals surface area (Å²) in [6.45, 7) is 0. The van der Waals surface area contributed by atoms with Crippen LogP contribution in [0.4, 0.5) is 0 Å². The Hall–Kier alpha value is -1.21. The van der Waals surface area contributed by atoms with Gasteiger partial charge in [-0.3, -0.25) is 5.84 Å². The van der Waals surface area contributed by atoms with Crippen LogP contribution in [0.1, 0.15) is 16.6 Å². The third kappa shape index (κ3) is 2.55. The number of nitrogens with two attached hydrogens (primary N) is 1. The molecule has 2 aromatic heterocycles. The van der Waals surface area contributed by atoms with Crippen molar-refractivity contribution in [3.63, 3.8) is 0 Å². The van der Waals surface area contributed by atoms with Crippen molar-refractivity contribution in [1.82, 2.24) is 15.6 Å². The molecule has 0 aliphatic carbocycles. The number of methoxy groups -OCH3 is 1. The van der Waals surface area contributed by atoms with E-state index in [1.54, 1.807) is 19.2 Å². The van der Waals surface area contributed by atoms with Crippen LogP contribution in [-0.2, 0) is 0 Å². The maximum absolute atomic E-state index is 6.06. The molecule has 1 atom stereocenters. The number of nitrogens with one attached hydrogen (secondary N) is 1. The highest BCUT2D eigenvalue weighted by Crippen LogP contribution is 2.31. The van der Waals surface area contributed by atoms with E-state index in [4.69, 9.17) is 22.2 Å². The summed E-state index contributed by atoms with van der Waals surface area (Å²) in [5, 5.41) is 10.5. The van der Waals surface area contributed by atoms with Crippen molar-refractivity contribution in [2.75, 3.05) is 7.11 Å². The van der Waals surface area contributed by atoms with E-state index in [2.05, 4.69) is 15.6 Å². The largest absolute Gasteiger partial charge is 0.480 e. The molecule has 0 aliphatic heterocycles. The maximum Gasteiger partial charge on any atom is 0.233 e. The summed E-state index contributed by atoms with van der Waals surface area (Å²) < 4.78 is 4.95. The van der Waals surface area contributed by atoms with Crippen molar-refractivity contribution >= 4 is 22.9 Å². The molecule has 0 saturated carbocycles. The standard InChI is InChI=1S/C10H11ClN4OS/c1-16-8-3-2-7(14-15-8)9(13-12)10-6(11)4-5-17-10/h2-5,9,13H,12H2,1H3. The Balaban J connectivity index is 2.32. The fourth-order valence-corrected chi connectivity index (χ4v) is 2.64. The van der Waals surface area contributed by atoms with Gasteiger partial charge in [0.1, 0.15) is 6.04 Å². The van der Waals surface area contributed by atoms with E-state index in [0.29, 0.717) is 16.6 Å². The summed E-state index contributed by atoms with van der Waals surface area (Å²) in [6.07, 6.45) is 0. The van der Waals surface area contributed by atoms with Gasteiger partial charge >= 0.3 is 0 Å². The highest BCUT2D eigenvalue weighted by atomic mass is 35.5. The predicted octanol–water partition coefficient (Wildman–Crippen LogP) is 1.75. The maximum atomic E-state index is 6.06. The lowest BCUT2D eigenvalue weighted by molar-refractivity contribution is 0.390. The van der Waals surface area contributed by atoms with Crippen molar-refractivity contribution < 1.29 is 4.74 Å². The number of ether oxygens (including phenoxy) is 1. The molecule has 2 aromatic rings. The van der Waals surface area contributed by atoms with Gasteiger partial charge in [0.2, 0.25) is 5.88 Å². The van der Waals surface area contributed by atoms with Gasteiger partial charge < -0.3 is 4.74 Å². The minimum Gasteiger partial charge on any atom is -0.480 e. The highest BCUT2D eigenvalue weighted by molar-refractivity contribution is 7.10. The van der Waals surface area contributed by atoms with Gasteiger partial charge in [0, 0.05) is 10.9 Å². The monoisotopic (exact) mass is 270 g/mol. The van der Waals surface area contributed by atoms with Crippen molar-refractivity contribution in [2.24, 2.45) is 5.84 Å². The number of aromatic nitrogens is 2. The predicted molar refractivity (Wildman–Crippen MR) is 67.1 cm³/mol. The average Bonchev–Trinajstić information content (AvgIpc) is 2.78. The molecular weight excluding hydrogens is 260 g/mol. The van der Waals surface area contributed by atoms with E-state index in [1.165, 1.54) is 11.3 Å². The van der Waals surface area contributed by atoms with E-state index in [1.807, 2.05) is 11.4 Å². The van der Waals surface area contributed by atoms with Crippen LogP contribution in [0.25, 0.3) is 0 Å². The molecule has 0 saturated heterocycles. The van der Waals surface area contributed by atoms with E-state index < -0.39 is 0 Å². The normalized spacial score (nSPS) is 12.4. The minimum absolute atomic E-state index is 0.263. The number of hydrazine groups is 1. The number of rotatable bonds is 4. The smallest absolute Gasteiger partial charge is 0.233 e. The van der Waals surface area contributed by atoms with Crippen molar-refractivity contribution in [3.8, 4) is 5.88 Å². The first kappa shape index (κ1) is 12.3. The molecule has 0 bridgehead atoms. The minimum atomic E-state index is -0.263. The Morgan fingerprint density at radius 1 is 1.41 bits per heavy atom. The molecule has 7 heteroatoms. The molecule has 0 spiro atoms. The second-order valence-corrected chi connectivity index (χ2v) is 4.59. The lowest BCUT2D eigenvalue weighted by Gasteiger charge is -2.13. The quantitative estimate of drug-likeness (QED) is 0.654. The molecular formula is C10H11ClN4OS. The molecule has 1 unspecified atom stereocenters. The Labute approximate surface area is 108 Å². The summed E-state index contributed by atoms with van der Waals surface area (Å²) in [4.78, 5) is 0.911. The van der Waals surface area contributed by atoms with Gasteiger partial charge in [-0.1, -0.05) is 11.6 Å². The summed E-state index contributed by atoms with van der Waals surface area (Å²) in [6, 6.07) is 5.09. The van der Waals surface area contributed by atoms with Gasteiger partial charge in [-0.25, -0.2) is 5.43 Å². The first-order valence-corrected chi connectivity index (χ1v) is 6.08. The van der Waals surface area contributed by atoms with E-state index in [-0.39, 0.29) is 6.04 Å². The number of hydrogen-bond acceptors (Lipinski definition) is 6. The van der Waals surface area contributed by atoms with Crippen LogP contribution in [-0.4, -0.2) is 17.3 Å². The van der Waals surface area contributed by atoms with Crippen molar-refractivity contribution in [2.45, 2.75) is 6.04 Å². The van der Waals surface area contributed by atoms with Crippen molar-refractivity contribution in [3.05, 3.63) is 39.2 Å². The van der Waals surface area contributed by atoms with Crippen LogP contribution in [0.5, 0.6) is 5.88 Å². The fourth-order valence-electron chi connectivity index (χ4n) is 1.40. The van der Waals surface area contributed by atoms with Crippen LogP contribution in [0.2, 0.25) is 5.02 Å². The van der Waals surface area contributed by atoms with Crippen LogP contribution in [0.3, 0.4) is 0 Å². The zero-order valence-electron chi connectivity index (χ0n) is 9.05. The summed E-state index contributed by atoms with van der Waals surface area (Å²) in [7, 11) is 1.54.